The highest BCUT2D eigenvalue weighted by molar-refractivity contribution is 6.30. The van der Waals surface area contributed by atoms with Crippen molar-refractivity contribution in [3.05, 3.63) is 34.6 Å². The van der Waals surface area contributed by atoms with Gasteiger partial charge in [-0.15, -0.1) is 0 Å². The van der Waals surface area contributed by atoms with Gasteiger partial charge in [0, 0.05) is 5.02 Å². The van der Waals surface area contributed by atoms with Crippen molar-refractivity contribution in [2.75, 3.05) is 6.54 Å². The van der Waals surface area contributed by atoms with Crippen LogP contribution >= 0.6 is 11.6 Å². The molecule has 0 spiro atoms. The smallest absolute Gasteiger partial charge is 0.326 e. The zero-order valence-electron chi connectivity index (χ0n) is 12.7. The maximum atomic E-state index is 13.6. The summed E-state index contributed by atoms with van der Waals surface area (Å²) in [6, 6.07) is 2.50. The van der Waals surface area contributed by atoms with Gasteiger partial charge in [-0.25, -0.2) is 9.18 Å². The maximum absolute atomic E-state index is 13.6. The predicted octanol–water partition coefficient (Wildman–Crippen LogP) is 1.82. The Hall–Kier alpha value is -2.15. The van der Waals surface area contributed by atoms with Gasteiger partial charge in [0.2, 0.25) is 5.91 Å². The first-order chi connectivity index (χ1) is 10.7. The molecule has 0 bridgehead atoms. The first-order valence-electron chi connectivity index (χ1n) is 6.96. The third-order valence-corrected chi connectivity index (χ3v) is 3.16. The van der Waals surface area contributed by atoms with Crippen LogP contribution in [0.3, 0.4) is 0 Å². The minimum absolute atomic E-state index is 0.0779. The lowest BCUT2D eigenvalue weighted by atomic mass is 10.0. The van der Waals surface area contributed by atoms with Gasteiger partial charge in [-0.3, -0.25) is 9.59 Å². The molecule has 0 saturated heterocycles. The third kappa shape index (κ3) is 6.23. The van der Waals surface area contributed by atoms with E-state index in [9.17, 15) is 18.8 Å². The van der Waals surface area contributed by atoms with Crippen molar-refractivity contribution in [1.29, 1.82) is 0 Å². The molecule has 0 unspecified atom stereocenters. The quantitative estimate of drug-likeness (QED) is 0.703. The zero-order chi connectivity index (χ0) is 17.6. The Bertz CT molecular complexity index is 607. The van der Waals surface area contributed by atoms with Gasteiger partial charge < -0.3 is 15.7 Å². The molecular formula is C15H18ClFN2O4. The molecule has 2 amide bonds. The van der Waals surface area contributed by atoms with E-state index < -0.39 is 36.2 Å². The van der Waals surface area contributed by atoms with Gasteiger partial charge in [0.1, 0.15) is 11.9 Å². The molecule has 1 aromatic rings. The van der Waals surface area contributed by atoms with Crippen LogP contribution in [0.25, 0.3) is 0 Å². The lowest BCUT2D eigenvalue weighted by Crippen LogP contribution is -2.46. The molecule has 3 N–H and O–H groups in total. The van der Waals surface area contributed by atoms with Crippen molar-refractivity contribution in [2.45, 2.75) is 26.3 Å². The number of carboxylic acid groups (broad SMARTS) is 1. The SMILES string of the molecule is CC(C)C[C@H](NC(=O)CNC(=O)c1ccc(Cl)cc1F)C(=O)O. The molecule has 1 rings (SSSR count). The summed E-state index contributed by atoms with van der Waals surface area (Å²) in [7, 11) is 0. The Kier molecular flexibility index (Phi) is 6.96. The van der Waals surface area contributed by atoms with Gasteiger partial charge in [-0.1, -0.05) is 25.4 Å². The Morgan fingerprint density at radius 1 is 1.30 bits per heavy atom. The average molecular weight is 345 g/mol. The Balaban J connectivity index is 2.58. The summed E-state index contributed by atoms with van der Waals surface area (Å²) in [6.07, 6.45) is 0.265. The van der Waals surface area contributed by atoms with Crippen LogP contribution in [-0.2, 0) is 9.59 Å². The molecule has 0 aliphatic rings. The minimum atomic E-state index is -1.15. The van der Waals surface area contributed by atoms with Gasteiger partial charge in [-0.05, 0) is 30.5 Å². The van der Waals surface area contributed by atoms with E-state index in [1.54, 1.807) is 0 Å². The summed E-state index contributed by atoms with van der Waals surface area (Å²) in [5, 5.41) is 13.7. The van der Waals surface area contributed by atoms with Gasteiger partial charge >= 0.3 is 5.97 Å². The molecule has 0 fully saturated rings. The van der Waals surface area contributed by atoms with Crippen LogP contribution in [0.2, 0.25) is 5.02 Å². The first-order valence-corrected chi connectivity index (χ1v) is 7.34. The molecule has 6 nitrogen and oxygen atoms in total. The highest BCUT2D eigenvalue weighted by Gasteiger charge is 2.21. The minimum Gasteiger partial charge on any atom is -0.480 e. The number of aliphatic carboxylic acids is 1. The number of hydrogen-bond acceptors (Lipinski definition) is 3. The molecule has 0 aliphatic carbocycles. The number of carbonyl (C=O) groups excluding carboxylic acids is 2. The predicted molar refractivity (Wildman–Crippen MR) is 82.8 cm³/mol. The van der Waals surface area contributed by atoms with Crippen LogP contribution in [0.4, 0.5) is 4.39 Å². The molecule has 126 valence electrons. The summed E-state index contributed by atoms with van der Waals surface area (Å²) in [6.45, 7) is 3.20. The number of benzene rings is 1. The van der Waals surface area contributed by atoms with Crippen LogP contribution in [0.15, 0.2) is 18.2 Å². The number of rotatable bonds is 7. The van der Waals surface area contributed by atoms with E-state index in [-0.39, 0.29) is 22.9 Å². The normalized spacial score (nSPS) is 11.9. The Labute approximate surface area is 138 Å². The molecule has 1 atom stereocenters. The molecule has 23 heavy (non-hydrogen) atoms. The molecule has 1 aromatic carbocycles. The second-order valence-electron chi connectivity index (χ2n) is 5.39. The van der Waals surface area contributed by atoms with Crippen molar-refractivity contribution >= 4 is 29.4 Å². The van der Waals surface area contributed by atoms with E-state index >= 15 is 0 Å². The number of amides is 2. The molecule has 0 heterocycles. The van der Waals surface area contributed by atoms with Crippen LogP contribution < -0.4 is 10.6 Å². The number of hydrogen-bond donors (Lipinski definition) is 3. The van der Waals surface area contributed by atoms with E-state index in [1.807, 2.05) is 13.8 Å². The summed E-state index contributed by atoms with van der Waals surface area (Å²) in [5.74, 6) is -3.33. The zero-order valence-corrected chi connectivity index (χ0v) is 13.5. The van der Waals surface area contributed by atoms with Crippen molar-refractivity contribution in [2.24, 2.45) is 5.92 Å². The number of carbonyl (C=O) groups is 3. The fourth-order valence-electron chi connectivity index (χ4n) is 1.87. The lowest BCUT2D eigenvalue weighted by molar-refractivity contribution is -0.142. The van der Waals surface area contributed by atoms with Gasteiger partial charge in [0.15, 0.2) is 0 Å². The number of carboxylic acids is 1. The number of halogens is 2. The van der Waals surface area contributed by atoms with Gasteiger partial charge in [-0.2, -0.15) is 0 Å². The van der Waals surface area contributed by atoms with Crippen LogP contribution in [0.1, 0.15) is 30.6 Å². The number of nitrogens with one attached hydrogen (secondary N) is 2. The fraction of sp³-hybridized carbons (Fsp3) is 0.400. The molecule has 8 heteroatoms. The largest absolute Gasteiger partial charge is 0.480 e. The molecule has 0 saturated carbocycles. The van der Waals surface area contributed by atoms with Gasteiger partial charge in [0.05, 0.1) is 12.1 Å². The van der Waals surface area contributed by atoms with E-state index in [0.29, 0.717) is 0 Å². The maximum Gasteiger partial charge on any atom is 0.326 e. The standard InChI is InChI=1S/C15H18ClFN2O4/c1-8(2)5-12(15(22)23)19-13(20)7-18-14(21)10-4-3-9(16)6-11(10)17/h3-4,6,8,12H,5,7H2,1-2H3,(H,18,21)(H,19,20)(H,22,23)/t12-/m0/s1. The van der Waals surface area contributed by atoms with Crippen molar-refractivity contribution < 1.29 is 23.9 Å². The molecular weight excluding hydrogens is 327 g/mol. The van der Waals surface area contributed by atoms with E-state index in [0.717, 1.165) is 6.07 Å². The van der Waals surface area contributed by atoms with E-state index in [4.69, 9.17) is 16.7 Å². The van der Waals surface area contributed by atoms with Crippen LogP contribution in [0, 0.1) is 11.7 Å². The first kappa shape index (κ1) is 18.9. The highest BCUT2D eigenvalue weighted by Crippen LogP contribution is 2.14. The average Bonchev–Trinajstić information content (AvgIpc) is 2.43. The molecule has 0 aliphatic heterocycles. The van der Waals surface area contributed by atoms with E-state index in [1.165, 1.54) is 12.1 Å². The van der Waals surface area contributed by atoms with Crippen LogP contribution in [0.5, 0.6) is 0 Å². The Morgan fingerprint density at radius 2 is 1.96 bits per heavy atom. The monoisotopic (exact) mass is 344 g/mol. The third-order valence-electron chi connectivity index (χ3n) is 2.93. The molecule has 0 aromatic heterocycles. The van der Waals surface area contributed by atoms with Gasteiger partial charge in [0.25, 0.3) is 5.91 Å². The summed E-state index contributed by atoms with van der Waals surface area (Å²) < 4.78 is 13.6. The summed E-state index contributed by atoms with van der Waals surface area (Å²) in [4.78, 5) is 34.5. The van der Waals surface area contributed by atoms with Crippen molar-refractivity contribution in [3.63, 3.8) is 0 Å². The summed E-state index contributed by atoms with van der Waals surface area (Å²) in [5.41, 5.74) is -0.251. The van der Waals surface area contributed by atoms with E-state index in [2.05, 4.69) is 10.6 Å². The lowest BCUT2D eigenvalue weighted by Gasteiger charge is -2.16. The van der Waals surface area contributed by atoms with Crippen LogP contribution in [-0.4, -0.2) is 35.5 Å². The Morgan fingerprint density at radius 3 is 2.48 bits per heavy atom. The highest BCUT2D eigenvalue weighted by atomic mass is 35.5. The van der Waals surface area contributed by atoms with Crippen molar-refractivity contribution in [1.82, 2.24) is 10.6 Å². The second-order valence-corrected chi connectivity index (χ2v) is 5.83. The fourth-order valence-corrected chi connectivity index (χ4v) is 2.03. The second kappa shape index (κ2) is 8.47. The topological polar surface area (TPSA) is 95.5 Å². The molecule has 0 radical (unpaired) electrons. The summed E-state index contributed by atoms with van der Waals surface area (Å²) >= 11 is 5.59. The van der Waals surface area contributed by atoms with Crippen molar-refractivity contribution in [3.8, 4) is 0 Å².